The Balaban J connectivity index is 1.68. The third-order valence-electron chi connectivity index (χ3n) is 3.76. The highest BCUT2D eigenvalue weighted by molar-refractivity contribution is 7.90. The van der Waals surface area contributed by atoms with Crippen molar-refractivity contribution in [1.82, 2.24) is 3.97 Å². The highest BCUT2D eigenvalue weighted by Crippen LogP contribution is 2.15. The predicted molar refractivity (Wildman–Crippen MR) is 102 cm³/mol. The van der Waals surface area contributed by atoms with Gasteiger partial charge < -0.3 is 10.1 Å². The number of carbonyl (C=O) groups excluding carboxylic acids is 1. The van der Waals surface area contributed by atoms with Crippen LogP contribution in [0.3, 0.4) is 0 Å². The summed E-state index contributed by atoms with van der Waals surface area (Å²) in [5.74, 6) is -0.590. The van der Waals surface area contributed by atoms with Gasteiger partial charge in [-0.15, -0.1) is 0 Å². The van der Waals surface area contributed by atoms with Crippen LogP contribution in [-0.4, -0.2) is 30.7 Å². The molecule has 1 aromatic heterocycles. The number of hydrogen-bond donors (Lipinski definition) is 1. The van der Waals surface area contributed by atoms with E-state index in [1.54, 1.807) is 30.3 Å². The van der Waals surface area contributed by atoms with E-state index in [1.165, 1.54) is 42.7 Å². The van der Waals surface area contributed by atoms with Gasteiger partial charge in [-0.1, -0.05) is 29.8 Å². The molecule has 0 spiro atoms. The summed E-state index contributed by atoms with van der Waals surface area (Å²) in [7, 11) is -3.73. The SMILES string of the molecule is N=C(COC(=O)c1ccc(Cl)cc1)c1ccn(S(=O)(=O)c2ccccc2)c1. The second kappa shape index (κ2) is 7.77. The molecule has 0 aliphatic rings. The molecule has 0 saturated carbocycles. The predicted octanol–water partition coefficient (Wildman–Crippen LogP) is 3.60. The monoisotopic (exact) mass is 402 g/mol. The van der Waals surface area contributed by atoms with Crippen LogP contribution in [0.25, 0.3) is 0 Å². The number of hydrogen-bond acceptors (Lipinski definition) is 5. The van der Waals surface area contributed by atoms with E-state index in [1.807, 2.05) is 0 Å². The molecule has 0 saturated heterocycles. The maximum Gasteiger partial charge on any atom is 0.338 e. The van der Waals surface area contributed by atoms with Crippen molar-refractivity contribution in [1.29, 1.82) is 5.41 Å². The second-order valence-corrected chi connectivity index (χ2v) is 7.89. The van der Waals surface area contributed by atoms with Gasteiger partial charge in [0.1, 0.15) is 6.61 Å². The number of nitrogens with zero attached hydrogens (tertiary/aromatic N) is 1. The van der Waals surface area contributed by atoms with E-state index in [4.69, 9.17) is 21.7 Å². The molecule has 3 rings (SSSR count). The lowest BCUT2D eigenvalue weighted by Crippen LogP contribution is -2.14. The Morgan fingerprint density at radius 2 is 1.67 bits per heavy atom. The lowest BCUT2D eigenvalue weighted by atomic mass is 10.2. The normalized spacial score (nSPS) is 11.1. The fraction of sp³-hybridized carbons (Fsp3) is 0.0526. The van der Waals surface area contributed by atoms with E-state index in [-0.39, 0.29) is 17.2 Å². The van der Waals surface area contributed by atoms with Crippen LogP contribution in [0.5, 0.6) is 0 Å². The summed E-state index contributed by atoms with van der Waals surface area (Å²) in [6.07, 6.45) is 2.67. The van der Waals surface area contributed by atoms with E-state index in [9.17, 15) is 13.2 Å². The van der Waals surface area contributed by atoms with Crippen LogP contribution in [0.2, 0.25) is 5.02 Å². The van der Waals surface area contributed by atoms with Crippen molar-refractivity contribution in [2.24, 2.45) is 0 Å². The number of rotatable bonds is 6. The van der Waals surface area contributed by atoms with E-state index in [2.05, 4.69) is 0 Å². The van der Waals surface area contributed by atoms with Crippen molar-refractivity contribution < 1.29 is 17.9 Å². The molecule has 0 unspecified atom stereocenters. The van der Waals surface area contributed by atoms with Crippen LogP contribution >= 0.6 is 11.6 Å². The first-order valence-electron chi connectivity index (χ1n) is 7.87. The molecular weight excluding hydrogens is 388 g/mol. The minimum Gasteiger partial charge on any atom is -0.456 e. The standard InChI is InChI=1S/C19H15ClN2O4S/c20-16-8-6-14(7-9-16)19(23)26-13-18(21)15-10-11-22(12-15)27(24,25)17-4-2-1-3-5-17/h1-12,21H,13H2. The van der Waals surface area contributed by atoms with Crippen LogP contribution in [0, 0.1) is 5.41 Å². The number of halogens is 1. The number of ether oxygens (including phenoxy) is 1. The van der Waals surface area contributed by atoms with E-state index >= 15 is 0 Å². The van der Waals surface area contributed by atoms with Gasteiger partial charge in [0.2, 0.25) is 0 Å². The Bertz CT molecular complexity index is 1070. The molecule has 0 aliphatic heterocycles. The van der Waals surface area contributed by atoms with Gasteiger partial charge in [0, 0.05) is 23.0 Å². The average Bonchev–Trinajstić information content (AvgIpc) is 3.18. The highest BCUT2D eigenvalue weighted by Gasteiger charge is 2.17. The van der Waals surface area contributed by atoms with Crippen LogP contribution < -0.4 is 0 Å². The van der Waals surface area contributed by atoms with E-state index in [0.29, 0.717) is 16.1 Å². The zero-order valence-electron chi connectivity index (χ0n) is 14.0. The molecule has 0 radical (unpaired) electrons. The summed E-state index contributed by atoms with van der Waals surface area (Å²) in [4.78, 5) is 12.1. The highest BCUT2D eigenvalue weighted by atomic mass is 35.5. The molecule has 3 aromatic rings. The van der Waals surface area contributed by atoms with Crippen molar-refractivity contribution in [3.05, 3.63) is 89.2 Å². The largest absolute Gasteiger partial charge is 0.456 e. The molecule has 0 atom stereocenters. The van der Waals surface area contributed by atoms with Gasteiger partial charge in [0.25, 0.3) is 10.0 Å². The fourth-order valence-corrected chi connectivity index (χ4v) is 3.65. The third kappa shape index (κ3) is 4.27. The Morgan fingerprint density at radius 3 is 2.33 bits per heavy atom. The molecule has 138 valence electrons. The number of carbonyl (C=O) groups is 1. The lowest BCUT2D eigenvalue weighted by molar-refractivity contribution is 0.0563. The average molecular weight is 403 g/mol. The molecule has 0 fully saturated rings. The second-order valence-electron chi connectivity index (χ2n) is 5.61. The van der Waals surface area contributed by atoms with Crippen molar-refractivity contribution in [2.75, 3.05) is 6.61 Å². The van der Waals surface area contributed by atoms with Crippen molar-refractivity contribution >= 4 is 33.3 Å². The Kier molecular flexibility index (Phi) is 5.43. The maximum absolute atomic E-state index is 12.5. The molecule has 0 aliphatic carbocycles. The zero-order valence-corrected chi connectivity index (χ0v) is 15.6. The zero-order chi connectivity index (χ0) is 19.4. The van der Waals surface area contributed by atoms with Crippen LogP contribution in [0.4, 0.5) is 0 Å². The van der Waals surface area contributed by atoms with Gasteiger partial charge in [-0.2, -0.15) is 0 Å². The van der Waals surface area contributed by atoms with Crippen LogP contribution in [0.15, 0.2) is 78.0 Å². The van der Waals surface area contributed by atoms with Crippen LogP contribution in [0.1, 0.15) is 15.9 Å². The number of nitrogens with one attached hydrogen (secondary N) is 1. The number of esters is 1. The minimum atomic E-state index is -3.73. The number of aromatic nitrogens is 1. The van der Waals surface area contributed by atoms with Crippen molar-refractivity contribution in [3.63, 3.8) is 0 Å². The molecule has 1 heterocycles. The summed E-state index contributed by atoms with van der Waals surface area (Å²) < 4.78 is 31.2. The third-order valence-corrected chi connectivity index (χ3v) is 5.66. The number of benzene rings is 2. The first-order valence-corrected chi connectivity index (χ1v) is 9.69. The van der Waals surface area contributed by atoms with Crippen molar-refractivity contribution in [2.45, 2.75) is 4.90 Å². The van der Waals surface area contributed by atoms with Gasteiger partial charge in [-0.25, -0.2) is 17.2 Å². The van der Waals surface area contributed by atoms with E-state index in [0.717, 1.165) is 3.97 Å². The quantitative estimate of drug-likeness (QED) is 0.504. The maximum atomic E-state index is 12.5. The molecule has 2 aromatic carbocycles. The molecule has 8 heteroatoms. The first-order chi connectivity index (χ1) is 12.9. The first kappa shape index (κ1) is 18.9. The van der Waals surface area contributed by atoms with Gasteiger partial charge in [0.05, 0.1) is 16.2 Å². The summed E-state index contributed by atoms with van der Waals surface area (Å²) in [5, 5.41) is 8.54. The van der Waals surface area contributed by atoms with Gasteiger partial charge in [-0.05, 0) is 42.5 Å². The molecule has 27 heavy (non-hydrogen) atoms. The van der Waals surface area contributed by atoms with E-state index < -0.39 is 16.0 Å². The molecular formula is C19H15ClN2O4S. The fourth-order valence-electron chi connectivity index (χ4n) is 2.31. The molecule has 6 nitrogen and oxygen atoms in total. The smallest absolute Gasteiger partial charge is 0.338 e. The molecule has 0 bridgehead atoms. The minimum absolute atomic E-state index is 0.0145. The Labute approximate surface area is 161 Å². The summed E-state index contributed by atoms with van der Waals surface area (Å²) in [6, 6.07) is 15.7. The van der Waals surface area contributed by atoms with Gasteiger partial charge in [0.15, 0.2) is 0 Å². The van der Waals surface area contributed by atoms with Crippen molar-refractivity contribution in [3.8, 4) is 0 Å². The Morgan fingerprint density at radius 1 is 1.00 bits per heavy atom. The Hall–Kier alpha value is -2.90. The summed E-state index contributed by atoms with van der Waals surface area (Å²) in [6.45, 7) is -0.281. The summed E-state index contributed by atoms with van der Waals surface area (Å²) in [5.41, 5.74) is 0.647. The van der Waals surface area contributed by atoms with Gasteiger partial charge >= 0.3 is 5.97 Å². The lowest BCUT2D eigenvalue weighted by Gasteiger charge is -2.06. The van der Waals surface area contributed by atoms with Crippen LogP contribution in [-0.2, 0) is 14.8 Å². The molecule has 1 N–H and O–H groups in total. The molecule has 0 amide bonds. The summed E-state index contributed by atoms with van der Waals surface area (Å²) >= 11 is 5.77. The van der Waals surface area contributed by atoms with Gasteiger partial charge in [-0.3, -0.25) is 0 Å². The topological polar surface area (TPSA) is 89.2 Å².